The molecule has 31 heavy (non-hydrogen) atoms. The third-order valence-corrected chi connectivity index (χ3v) is 5.10. The van der Waals surface area contributed by atoms with Crippen LogP contribution in [0.1, 0.15) is 33.5 Å². The van der Waals surface area contributed by atoms with Gasteiger partial charge in [-0.2, -0.15) is 5.26 Å². The number of benzene rings is 2. The topological polar surface area (TPSA) is 75.0 Å². The third-order valence-electron chi connectivity index (χ3n) is 5.10. The summed E-state index contributed by atoms with van der Waals surface area (Å²) >= 11 is 0. The zero-order valence-corrected chi connectivity index (χ0v) is 18.2. The van der Waals surface area contributed by atoms with Gasteiger partial charge in [0, 0.05) is 11.9 Å². The highest BCUT2D eigenvalue weighted by Gasteiger charge is 2.13. The first kappa shape index (κ1) is 21.8. The molecule has 156 valence electrons. The van der Waals surface area contributed by atoms with E-state index in [-0.39, 0.29) is 5.57 Å². The summed E-state index contributed by atoms with van der Waals surface area (Å²) in [6.45, 7) is 8.19. The summed E-state index contributed by atoms with van der Waals surface area (Å²) in [5.74, 6) is 0.350. The van der Waals surface area contributed by atoms with Crippen LogP contribution < -0.4 is 10.1 Å². The van der Waals surface area contributed by atoms with Crippen molar-refractivity contribution < 1.29 is 9.53 Å². The lowest BCUT2D eigenvalue weighted by atomic mass is 10.0. The molecule has 0 aliphatic carbocycles. The van der Waals surface area contributed by atoms with Crippen molar-refractivity contribution in [3.05, 3.63) is 93.8 Å². The Balaban J connectivity index is 1.80. The van der Waals surface area contributed by atoms with E-state index in [0.717, 1.165) is 39.3 Å². The maximum Gasteiger partial charge on any atom is 0.266 e. The highest BCUT2D eigenvalue weighted by molar-refractivity contribution is 6.10. The summed E-state index contributed by atoms with van der Waals surface area (Å²) in [5, 5.41) is 12.4. The zero-order valence-electron chi connectivity index (χ0n) is 18.2. The molecule has 0 saturated heterocycles. The maximum atomic E-state index is 12.7. The largest absolute Gasteiger partial charge is 0.487 e. The van der Waals surface area contributed by atoms with Crippen molar-refractivity contribution in [1.82, 2.24) is 4.98 Å². The molecule has 3 rings (SSSR count). The first-order chi connectivity index (χ1) is 14.9. The van der Waals surface area contributed by atoms with E-state index in [1.165, 1.54) is 0 Å². The number of rotatable bonds is 6. The summed E-state index contributed by atoms with van der Waals surface area (Å²) in [7, 11) is 0. The zero-order chi connectivity index (χ0) is 22.4. The SMILES string of the molecule is Cc1cccc(NC(=O)/C(C#N)=C/c2cc(C)c(OCc3ccccn3)c(C)c2)c1C. The molecule has 0 aliphatic rings. The predicted molar refractivity (Wildman–Crippen MR) is 123 cm³/mol. The lowest BCUT2D eigenvalue weighted by Gasteiger charge is -2.13. The molecule has 1 N–H and O–H groups in total. The standard InChI is InChI=1S/C26H25N3O2/c1-17-8-7-10-24(20(17)4)29-26(30)22(15-27)14-21-12-18(2)25(19(3)13-21)31-16-23-9-5-6-11-28-23/h5-14H,16H2,1-4H3,(H,29,30)/b22-14+. The van der Waals surface area contributed by atoms with Gasteiger partial charge < -0.3 is 10.1 Å². The average Bonchev–Trinajstić information content (AvgIpc) is 2.75. The molecule has 0 radical (unpaired) electrons. The first-order valence-corrected chi connectivity index (χ1v) is 10.0. The Hall–Kier alpha value is -3.91. The third kappa shape index (κ3) is 5.37. The molecule has 3 aromatic rings. The fourth-order valence-electron chi connectivity index (χ4n) is 3.32. The minimum atomic E-state index is -0.429. The van der Waals surface area contributed by atoms with Gasteiger partial charge in [-0.05, 0) is 91.9 Å². The molecule has 1 amide bonds. The van der Waals surface area contributed by atoms with E-state index in [2.05, 4.69) is 10.3 Å². The Morgan fingerprint density at radius 1 is 1.06 bits per heavy atom. The number of amides is 1. The molecule has 5 heteroatoms. The number of nitrogens with zero attached hydrogens (tertiary/aromatic N) is 2. The van der Waals surface area contributed by atoms with Crippen LogP contribution in [0.3, 0.4) is 0 Å². The lowest BCUT2D eigenvalue weighted by Crippen LogP contribution is -2.14. The quantitative estimate of drug-likeness (QED) is 0.433. The van der Waals surface area contributed by atoms with Gasteiger partial charge in [-0.15, -0.1) is 0 Å². The number of carbonyl (C=O) groups is 1. The van der Waals surface area contributed by atoms with Crippen LogP contribution in [0, 0.1) is 39.0 Å². The van der Waals surface area contributed by atoms with Gasteiger partial charge in [0.25, 0.3) is 5.91 Å². The predicted octanol–water partition coefficient (Wildman–Crippen LogP) is 5.44. The number of hydrogen-bond donors (Lipinski definition) is 1. The summed E-state index contributed by atoms with van der Waals surface area (Å²) in [5.41, 5.74) is 6.28. The van der Waals surface area contributed by atoms with Crippen molar-refractivity contribution in [3.8, 4) is 11.8 Å². The number of anilines is 1. The Bertz CT molecular complexity index is 1150. The van der Waals surface area contributed by atoms with Gasteiger partial charge in [0.1, 0.15) is 24.0 Å². The van der Waals surface area contributed by atoms with E-state index < -0.39 is 5.91 Å². The van der Waals surface area contributed by atoms with Gasteiger partial charge in [-0.3, -0.25) is 9.78 Å². The molecule has 2 aromatic carbocycles. The van der Waals surface area contributed by atoms with Gasteiger partial charge in [-0.1, -0.05) is 18.2 Å². The van der Waals surface area contributed by atoms with E-state index >= 15 is 0 Å². The number of pyridine rings is 1. The van der Waals surface area contributed by atoms with Crippen LogP contribution in [0.2, 0.25) is 0 Å². The number of aromatic nitrogens is 1. The summed E-state index contributed by atoms with van der Waals surface area (Å²) in [6.07, 6.45) is 3.34. The second-order valence-electron chi connectivity index (χ2n) is 7.46. The van der Waals surface area contributed by atoms with Crippen LogP contribution in [0.25, 0.3) is 6.08 Å². The Morgan fingerprint density at radius 3 is 2.45 bits per heavy atom. The van der Waals surface area contributed by atoms with Gasteiger partial charge in [0.2, 0.25) is 0 Å². The van der Waals surface area contributed by atoms with E-state index in [1.54, 1.807) is 12.3 Å². The monoisotopic (exact) mass is 411 g/mol. The molecular formula is C26H25N3O2. The molecule has 0 spiro atoms. The smallest absolute Gasteiger partial charge is 0.266 e. The van der Waals surface area contributed by atoms with E-state index in [4.69, 9.17) is 4.74 Å². The highest BCUT2D eigenvalue weighted by Crippen LogP contribution is 2.27. The average molecular weight is 412 g/mol. The van der Waals surface area contributed by atoms with E-state index in [1.807, 2.05) is 82.3 Å². The number of hydrogen-bond acceptors (Lipinski definition) is 4. The van der Waals surface area contributed by atoms with Crippen LogP contribution >= 0.6 is 0 Å². The van der Waals surface area contributed by atoms with E-state index in [9.17, 15) is 10.1 Å². The first-order valence-electron chi connectivity index (χ1n) is 10.0. The van der Waals surface area contributed by atoms with Crippen LogP contribution in [0.15, 0.2) is 60.3 Å². The minimum Gasteiger partial charge on any atom is -0.487 e. The molecule has 0 unspecified atom stereocenters. The molecule has 1 aromatic heterocycles. The molecule has 0 fully saturated rings. The number of aryl methyl sites for hydroxylation is 3. The molecule has 5 nitrogen and oxygen atoms in total. The van der Waals surface area contributed by atoms with Crippen molar-refractivity contribution in [1.29, 1.82) is 5.26 Å². The second-order valence-corrected chi connectivity index (χ2v) is 7.46. The number of ether oxygens (including phenoxy) is 1. The van der Waals surface area contributed by atoms with Crippen molar-refractivity contribution >= 4 is 17.7 Å². The Kier molecular flexibility index (Phi) is 6.84. The summed E-state index contributed by atoms with van der Waals surface area (Å²) in [4.78, 5) is 16.9. The summed E-state index contributed by atoms with van der Waals surface area (Å²) < 4.78 is 5.96. The van der Waals surface area contributed by atoms with Crippen molar-refractivity contribution in [3.63, 3.8) is 0 Å². The number of carbonyl (C=O) groups excluding carboxylic acids is 1. The van der Waals surface area contributed by atoms with Gasteiger partial charge >= 0.3 is 0 Å². The molecule has 0 atom stereocenters. The van der Waals surface area contributed by atoms with Crippen LogP contribution in [-0.4, -0.2) is 10.9 Å². The van der Waals surface area contributed by atoms with Crippen molar-refractivity contribution in [2.24, 2.45) is 0 Å². The number of nitrogens with one attached hydrogen (secondary N) is 1. The molecule has 0 saturated carbocycles. The number of nitriles is 1. The molecule has 1 heterocycles. The van der Waals surface area contributed by atoms with E-state index in [0.29, 0.717) is 12.3 Å². The molecular weight excluding hydrogens is 386 g/mol. The minimum absolute atomic E-state index is 0.0434. The Morgan fingerprint density at radius 2 is 1.81 bits per heavy atom. The maximum absolute atomic E-state index is 12.7. The van der Waals surface area contributed by atoms with Crippen LogP contribution in [0.4, 0.5) is 5.69 Å². The normalized spacial score (nSPS) is 11.0. The fourth-order valence-corrected chi connectivity index (χ4v) is 3.32. The van der Waals surface area contributed by atoms with Gasteiger partial charge in [-0.25, -0.2) is 0 Å². The van der Waals surface area contributed by atoms with Crippen molar-refractivity contribution in [2.75, 3.05) is 5.32 Å². The van der Waals surface area contributed by atoms with Crippen molar-refractivity contribution in [2.45, 2.75) is 34.3 Å². The second kappa shape index (κ2) is 9.73. The Labute approximate surface area is 183 Å². The molecule has 0 bridgehead atoms. The molecule has 0 aliphatic heterocycles. The van der Waals surface area contributed by atoms with Crippen LogP contribution in [0.5, 0.6) is 5.75 Å². The highest BCUT2D eigenvalue weighted by atomic mass is 16.5. The summed E-state index contributed by atoms with van der Waals surface area (Å²) in [6, 6.07) is 17.2. The lowest BCUT2D eigenvalue weighted by molar-refractivity contribution is -0.112. The fraction of sp³-hybridized carbons (Fsp3) is 0.192. The van der Waals surface area contributed by atoms with Gasteiger partial charge in [0.15, 0.2) is 0 Å². The van der Waals surface area contributed by atoms with Gasteiger partial charge in [0.05, 0.1) is 5.69 Å². The van der Waals surface area contributed by atoms with Crippen LogP contribution in [-0.2, 0) is 11.4 Å².